The Morgan fingerprint density at radius 2 is 1.70 bits per heavy atom. The molecule has 20 heavy (non-hydrogen) atoms. The molecule has 106 valence electrons. The minimum absolute atomic E-state index is 0.477. The third-order valence-corrected chi connectivity index (χ3v) is 4.24. The summed E-state index contributed by atoms with van der Waals surface area (Å²) in [5.74, 6) is 0. The van der Waals surface area contributed by atoms with Crippen LogP contribution in [0.25, 0.3) is 0 Å². The fraction of sp³-hybridized carbons (Fsp3) is 0.333. The first-order chi connectivity index (χ1) is 9.79. The van der Waals surface area contributed by atoms with Crippen molar-refractivity contribution in [3.63, 3.8) is 0 Å². The fourth-order valence-electron chi connectivity index (χ4n) is 2.48. The average Bonchev–Trinajstić information content (AvgIpc) is 2.49. The van der Waals surface area contributed by atoms with Gasteiger partial charge in [0.2, 0.25) is 0 Å². The van der Waals surface area contributed by atoms with Crippen LogP contribution in [0.3, 0.4) is 0 Å². The molecule has 2 heteroatoms. The molecule has 0 heterocycles. The molecular weight excluding hydrogens is 357 g/mol. The molecular formula is C18H22IN. The van der Waals surface area contributed by atoms with Crippen molar-refractivity contribution >= 4 is 22.6 Å². The Labute approximate surface area is 135 Å². The van der Waals surface area contributed by atoms with Gasteiger partial charge >= 0.3 is 0 Å². The summed E-state index contributed by atoms with van der Waals surface area (Å²) < 4.78 is 1.31. The normalized spacial score (nSPS) is 12.3. The van der Waals surface area contributed by atoms with Gasteiger partial charge in [-0.3, -0.25) is 0 Å². The lowest BCUT2D eigenvalue weighted by Gasteiger charge is -2.18. The van der Waals surface area contributed by atoms with Crippen LogP contribution in [0.2, 0.25) is 0 Å². The highest BCUT2D eigenvalue weighted by atomic mass is 127. The minimum Gasteiger partial charge on any atom is -0.310 e. The summed E-state index contributed by atoms with van der Waals surface area (Å²) in [5.41, 5.74) is 2.84. The Balaban J connectivity index is 1.88. The van der Waals surface area contributed by atoms with E-state index in [0.717, 1.165) is 13.0 Å². The van der Waals surface area contributed by atoms with Crippen LogP contribution in [0.4, 0.5) is 0 Å². The Hall–Kier alpha value is -0.870. The quantitative estimate of drug-likeness (QED) is 0.671. The van der Waals surface area contributed by atoms with E-state index in [1.165, 1.54) is 27.5 Å². The highest BCUT2D eigenvalue weighted by molar-refractivity contribution is 14.1. The Kier molecular flexibility index (Phi) is 6.54. The predicted molar refractivity (Wildman–Crippen MR) is 95.0 cm³/mol. The van der Waals surface area contributed by atoms with E-state index in [1.807, 2.05) is 0 Å². The molecule has 0 bridgehead atoms. The van der Waals surface area contributed by atoms with E-state index in [1.54, 1.807) is 0 Å². The third kappa shape index (κ3) is 4.91. The summed E-state index contributed by atoms with van der Waals surface area (Å²) in [6.45, 7) is 3.19. The molecule has 2 aromatic carbocycles. The van der Waals surface area contributed by atoms with Crippen molar-refractivity contribution in [1.82, 2.24) is 5.32 Å². The van der Waals surface area contributed by atoms with Crippen LogP contribution in [0.15, 0.2) is 54.6 Å². The number of nitrogens with one attached hydrogen (secondary N) is 1. The zero-order valence-corrected chi connectivity index (χ0v) is 14.1. The molecule has 0 radical (unpaired) electrons. The first-order valence-corrected chi connectivity index (χ1v) is 8.40. The Morgan fingerprint density at radius 3 is 2.35 bits per heavy atom. The number of halogens is 1. The van der Waals surface area contributed by atoms with Crippen molar-refractivity contribution in [1.29, 1.82) is 0 Å². The summed E-state index contributed by atoms with van der Waals surface area (Å²) in [5, 5.41) is 3.59. The largest absolute Gasteiger partial charge is 0.310 e. The second-order valence-corrected chi connectivity index (χ2v) is 6.29. The number of hydrogen-bond acceptors (Lipinski definition) is 1. The molecule has 0 aliphatic carbocycles. The topological polar surface area (TPSA) is 12.0 Å². The standard InChI is InChI=1S/C18H22IN/c1-2-20-18(16-8-4-3-5-9-16)10-6-7-15-11-13-17(19)14-12-15/h3-5,8-9,11-14,18,20H,2,6-7,10H2,1H3. The lowest BCUT2D eigenvalue weighted by atomic mass is 9.99. The molecule has 0 amide bonds. The SMILES string of the molecule is CCNC(CCCc1ccc(I)cc1)c1ccccc1. The van der Waals surface area contributed by atoms with Gasteiger partial charge in [0.05, 0.1) is 0 Å². The van der Waals surface area contributed by atoms with Gasteiger partial charge in [-0.15, -0.1) is 0 Å². The molecule has 2 rings (SSSR count). The van der Waals surface area contributed by atoms with Crippen molar-refractivity contribution in [2.75, 3.05) is 6.54 Å². The van der Waals surface area contributed by atoms with Gasteiger partial charge in [-0.2, -0.15) is 0 Å². The van der Waals surface area contributed by atoms with Crippen LogP contribution in [0.1, 0.15) is 36.9 Å². The molecule has 2 aromatic rings. The summed E-state index contributed by atoms with van der Waals surface area (Å²) >= 11 is 2.35. The van der Waals surface area contributed by atoms with E-state index in [9.17, 15) is 0 Å². The summed E-state index contributed by atoms with van der Waals surface area (Å²) in [6.07, 6.45) is 3.56. The predicted octanol–water partition coefficient (Wildman–Crippen LogP) is 4.96. The maximum atomic E-state index is 3.59. The van der Waals surface area contributed by atoms with Gasteiger partial charge in [-0.25, -0.2) is 0 Å². The molecule has 0 aliphatic heterocycles. The van der Waals surface area contributed by atoms with Gasteiger partial charge < -0.3 is 5.32 Å². The summed E-state index contributed by atoms with van der Waals surface area (Å²) in [4.78, 5) is 0. The molecule has 1 unspecified atom stereocenters. The molecule has 0 saturated heterocycles. The zero-order valence-electron chi connectivity index (χ0n) is 12.0. The molecule has 1 N–H and O–H groups in total. The lowest BCUT2D eigenvalue weighted by Crippen LogP contribution is -2.20. The zero-order chi connectivity index (χ0) is 14.2. The molecule has 0 saturated carbocycles. The third-order valence-electron chi connectivity index (χ3n) is 3.52. The van der Waals surface area contributed by atoms with Gasteiger partial charge in [-0.1, -0.05) is 49.4 Å². The molecule has 1 atom stereocenters. The van der Waals surface area contributed by atoms with Crippen molar-refractivity contribution < 1.29 is 0 Å². The monoisotopic (exact) mass is 379 g/mol. The van der Waals surface area contributed by atoms with E-state index in [-0.39, 0.29) is 0 Å². The number of rotatable bonds is 7. The Bertz CT molecular complexity index is 493. The Morgan fingerprint density at radius 1 is 1.00 bits per heavy atom. The first-order valence-electron chi connectivity index (χ1n) is 7.32. The van der Waals surface area contributed by atoms with E-state index in [4.69, 9.17) is 0 Å². The smallest absolute Gasteiger partial charge is 0.0320 e. The van der Waals surface area contributed by atoms with E-state index in [0.29, 0.717) is 6.04 Å². The number of benzene rings is 2. The highest BCUT2D eigenvalue weighted by Crippen LogP contribution is 2.19. The second kappa shape index (κ2) is 8.42. The van der Waals surface area contributed by atoms with Crippen molar-refractivity contribution in [2.24, 2.45) is 0 Å². The summed E-state index contributed by atoms with van der Waals surface area (Å²) in [6, 6.07) is 20.1. The van der Waals surface area contributed by atoms with Crippen LogP contribution in [0, 0.1) is 3.57 Å². The van der Waals surface area contributed by atoms with E-state index in [2.05, 4.69) is 89.4 Å². The van der Waals surface area contributed by atoms with Crippen LogP contribution in [-0.4, -0.2) is 6.54 Å². The van der Waals surface area contributed by atoms with Gasteiger partial charge in [0.1, 0.15) is 0 Å². The molecule has 0 aromatic heterocycles. The van der Waals surface area contributed by atoms with Crippen LogP contribution in [0.5, 0.6) is 0 Å². The maximum Gasteiger partial charge on any atom is 0.0320 e. The van der Waals surface area contributed by atoms with Crippen molar-refractivity contribution in [3.8, 4) is 0 Å². The molecule has 0 spiro atoms. The van der Waals surface area contributed by atoms with Crippen LogP contribution < -0.4 is 5.32 Å². The maximum absolute atomic E-state index is 3.59. The fourth-order valence-corrected chi connectivity index (χ4v) is 2.84. The number of hydrogen-bond donors (Lipinski definition) is 1. The van der Waals surface area contributed by atoms with E-state index >= 15 is 0 Å². The summed E-state index contributed by atoms with van der Waals surface area (Å²) in [7, 11) is 0. The van der Waals surface area contributed by atoms with Crippen molar-refractivity contribution in [2.45, 2.75) is 32.2 Å². The van der Waals surface area contributed by atoms with Crippen molar-refractivity contribution in [3.05, 3.63) is 69.3 Å². The van der Waals surface area contributed by atoms with Crippen LogP contribution >= 0.6 is 22.6 Å². The van der Waals surface area contributed by atoms with Gasteiger partial charge in [0.15, 0.2) is 0 Å². The first kappa shape index (κ1) is 15.5. The molecule has 0 aliphatic rings. The molecule has 1 nitrogen and oxygen atoms in total. The van der Waals surface area contributed by atoms with Gasteiger partial charge in [-0.05, 0) is 71.7 Å². The highest BCUT2D eigenvalue weighted by Gasteiger charge is 2.09. The van der Waals surface area contributed by atoms with E-state index < -0.39 is 0 Å². The average molecular weight is 379 g/mol. The van der Waals surface area contributed by atoms with Crippen LogP contribution in [-0.2, 0) is 6.42 Å². The van der Waals surface area contributed by atoms with Gasteiger partial charge in [0.25, 0.3) is 0 Å². The second-order valence-electron chi connectivity index (χ2n) is 5.04. The minimum atomic E-state index is 0.477. The van der Waals surface area contributed by atoms with Gasteiger partial charge in [0, 0.05) is 9.61 Å². The molecule has 0 fully saturated rings. The number of aryl methyl sites for hydroxylation is 1. The lowest BCUT2D eigenvalue weighted by molar-refractivity contribution is 0.498.